The largest absolute Gasteiger partial charge is 0.480 e. The number of aliphatic hydroxyl groups excluding tert-OH is 1. The van der Waals surface area contributed by atoms with E-state index in [1.54, 1.807) is 0 Å². The Kier molecular flexibility index (Phi) is 34.6. The van der Waals surface area contributed by atoms with Crippen LogP contribution < -0.4 is 10.6 Å². The van der Waals surface area contributed by atoms with E-state index in [9.17, 15) is 19.2 Å². The fourth-order valence-corrected chi connectivity index (χ4v) is 6.06. The molecule has 4 N–H and O–H groups in total. The number of allylic oxidation sites excluding steroid dienone is 2. The molecule has 0 radical (unpaired) electrons. The highest BCUT2D eigenvalue weighted by Crippen LogP contribution is 2.18. The van der Waals surface area contributed by atoms with Gasteiger partial charge >= 0.3 is 11.9 Å². The van der Waals surface area contributed by atoms with Crippen molar-refractivity contribution >= 4 is 23.8 Å². The summed E-state index contributed by atoms with van der Waals surface area (Å²) in [6.45, 7) is 3.45. The Balaban J connectivity index is 4.27. The summed E-state index contributed by atoms with van der Waals surface area (Å²) in [5.74, 6) is -2.30. The van der Waals surface area contributed by atoms with E-state index in [0.717, 1.165) is 70.6 Å². The van der Waals surface area contributed by atoms with Crippen molar-refractivity contribution in [3.8, 4) is 0 Å². The van der Waals surface area contributed by atoms with Crippen LogP contribution in [0.3, 0.4) is 0 Å². The van der Waals surface area contributed by atoms with Crippen LogP contribution >= 0.6 is 0 Å². The molecule has 292 valence electrons. The molecule has 0 aliphatic rings. The van der Waals surface area contributed by atoms with E-state index in [0.29, 0.717) is 19.3 Å². The lowest BCUT2D eigenvalue weighted by Crippen LogP contribution is -2.47. The molecule has 0 aromatic heterocycles. The van der Waals surface area contributed by atoms with Crippen molar-refractivity contribution in [2.24, 2.45) is 0 Å². The minimum Gasteiger partial charge on any atom is -0.480 e. The van der Waals surface area contributed by atoms with Gasteiger partial charge in [0.1, 0.15) is 12.1 Å². The van der Waals surface area contributed by atoms with Gasteiger partial charge in [-0.05, 0) is 64.2 Å². The van der Waals surface area contributed by atoms with Gasteiger partial charge in [-0.1, -0.05) is 135 Å². The zero-order chi connectivity index (χ0) is 36.9. The number of esters is 1. The SMILES string of the molecule is CCCCCCCCCC/C=C\CCCCCC(CCCCCCCC(=O)NCC(=O)NC(CO)C(=O)O)OC(=O)CCCCCCCCC. The summed E-state index contributed by atoms with van der Waals surface area (Å²) < 4.78 is 5.98. The summed E-state index contributed by atoms with van der Waals surface area (Å²) >= 11 is 0. The number of carbonyl (C=O) groups is 4. The highest BCUT2D eigenvalue weighted by atomic mass is 16.5. The van der Waals surface area contributed by atoms with E-state index >= 15 is 0 Å². The standard InChI is InChI=1S/C41H76N2O7/c1-3-5-7-9-11-12-13-14-15-16-17-18-20-22-26-30-36(50-40(47)33-29-25-19-10-8-6-4-2)31-27-23-21-24-28-32-38(45)42-34-39(46)43-37(35-44)41(48)49/h16-17,36-37,44H,3-15,18-35H2,1-2H3,(H,42,45)(H,43,46)(H,48,49)/b17-16-. The average Bonchev–Trinajstić information content (AvgIpc) is 3.10. The normalized spacial score (nSPS) is 12.5. The van der Waals surface area contributed by atoms with Gasteiger partial charge in [0, 0.05) is 12.8 Å². The lowest BCUT2D eigenvalue weighted by Gasteiger charge is -2.18. The molecule has 0 aromatic rings. The number of hydrogen-bond acceptors (Lipinski definition) is 6. The number of amides is 2. The number of carbonyl (C=O) groups excluding carboxylic acids is 3. The molecule has 0 heterocycles. The third-order valence-corrected chi connectivity index (χ3v) is 9.26. The maximum Gasteiger partial charge on any atom is 0.328 e. The molecule has 2 unspecified atom stereocenters. The van der Waals surface area contributed by atoms with Gasteiger partial charge in [-0.3, -0.25) is 14.4 Å². The Morgan fingerprint density at radius 1 is 0.580 bits per heavy atom. The van der Waals surface area contributed by atoms with Gasteiger partial charge in [0.05, 0.1) is 13.2 Å². The third kappa shape index (κ3) is 32.8. The van der Waals surface area contributed by atoms with Crippen molar-refractivity contribution in [1.29, 1.82) is 0 Å². The Bertz CT molecular complexity index is 864. The third-order valence-electron chi connectivity index (χ3n) is 9.26. The first kappa shape index (κ1) is 47.6. The van der Waals surface area contributed by atoms with Crippen molar-refractivity contribution in [2.75, 3.05) is 13.2 Å². The van der Waals surface area contributed by atoms with Gasteiger partial charge in [-0.2, -0.15) is 0 Å². The van der Waals surface area contributed by atoms with E-state index in [2.05, 4.69) is 36.6 Å². The molecule has 2 amide bonds. The minimum absolute atomic E-state index is 0.0203. The first-order chi connectivity index (χ1) is 24.3. The number of carboxylic acid groups (broad SMARTS) is 1. The summed E-state index contributed by atoms with van der Waals surface area (Å²) in [5.41, 5.74) is 0. The summed E-state index contributed by atoms with van der Waals surface area (Å²) in [6.07, 6.45) is 36.7. The molecule has 0 aliphatic heterocycles. The van der Waals surface area contributed by atoms with Crippen LogP contribution in [-0.2, 0) is 23.9 Å². The van der Waals surface area contributed by atoms with Crippen LogP contribution in [0.2, 0.25) is 0 Å². The predicted molar refractivity (Wildman–Crippen MR) is 204 cm³/mol. The zero-order valence-corrected chi connectivity index (χ0v) is 32.2. The number of unbranched alkanes of at least 4 members (excludes halogenated alkanes) is 21. The van der Waals surface area contributed by atoms with Crippen LogP contribution in [0.1, 0.15) is 200 Å². The van der Waals surface area contributed by atoms with E-state index in [1.807, 2.05) is 0 Å². The Morgan fingerprint density at radius 2 is 1.02 bits per heavy atom. The molecule has 50 heavy (non-hydrogen) atoms. The molecular weight excluding hydrogens is 632 g/mol. The summed E-state index contributed by atoms with van der Waals surface area (Å²) in [4.78, 5) is 47.3. The molecule has 0 bridgehead atoms. The van der Waals surface area contributed by atoms with Crippen molar-refractivity contribution in [1.82, 2.24) is 10.6 Å². The second kappa shape index (κ2) is 36.4. The number of carboxylic acids is 1. The molecule has 0 aliphatic carbocycles. The second-order valence-electron chi connectivity index (χ2n) is 14.1. The van der Waals surface area contributed by atoms with Gasteiger partial charge in [0.2, 0.25) is 11.8 Å². The number of rotatable bonds is 37. The van der Waals surface area contributed by atoms with Crippen molar-refractivity contribution in [2.45, 2.75) is 212 Å². The molecule has 0 saturated carbocycles. The molecule has 0 saturated heterocycles. The van der Waals surface area contributed by atoms with Gasteiger partial charge in [0.15, 0.2) is 0 Å². The number of hydrogen-bond donors (Lipinski definition) is 4. The molecule has 0 spiro atoms. The average molecular weight is 709 g/mol. The molecule has 0 fully saturated rings. The van der Waals surface area contributed by atoms with Crippen LogP contribution in [0.4, 0.5) is 0 Å². The summed E-state index contributed by atoms with van der Waals surface area (Å²) in [6, 6.07) is -1.38. The molecule has 9 heteroatoms. The topological polar surface area (TPSA) is 142 Å². The lowest BCUT2D eigenvalue weighted by atomic mass is 10.0. The second-order valence-corrected chi connectivity index (χ2v) is 14.1. The first-order valence-corrected chi connectivity index (χ1v) is 20.6. The molecule has 9 nitrogen and oxygen atoms in total. The van der Waals surface area contributed by atoms with E-state index in [1.165, 1.54) is 96.3 Å². The Hall–Kier alpha value is -2.42. The molecule has 0 rings (SSSR count). The monoisotopic (exact) mass is 709 g/mol. The van der Waals surface area contributed by atoms with Crippen LogP contribution in [0.15, 0.2) is 12.2 Å². The van der Waals surface area contributed by atoms with Crippen LogP contribution in [0, 0.1) is 0 Å². The highest BCUT2D eigenvalue weighted by Gasteiger charge is 2.19. The lowest BCUT2D eigenvalue weighted by molar-refractivity contribution is -0.150. The van der Waals surface area contributed by atoms with Crippen molar-refractivity contribution in [3.63, 3.8) is 0 Å². The summed E-state index contributed by atoms with van der Waals surface area (Å²) in [7, 11) is 0. The zero-order valence-electron chi connectivity index (χ0n) is 32.2. The minimum atomic E-state index is -1.38. The molecule has 0 aromatic carbocycles. The number of ether oxygens (including phenoxy) is 1. The number of nitrogens with one attached hydrogen (secondary N) is 2. The molecule has 2 atom stereocenters. The van der Waals surface area contributed by atoms with E-state index in [-0.39, 0.29) is 24.5 Å². The van der Waals surface area contributed by atoms with Gasteiger partial charge in [-0.25, -0.2) is 4.79 Å². The van der Waals surface area contributed by atoms with E-state index < -0.39 is 24.5 Å². The van der Waals surface area contributed by atoms with Crippen LogP contribution in [-0.4, -0.2) is 59.3 Å². The van der Waals surface area contributed by atoms with E-state index in [4.69, 9.17) is 14.9 Å². The van der Waals surface area contributed by atoms with Gasteiger partial charge in [-0.15, -0.1) is 0 Å². The first-order valence-electron chi connectivity index (χ1n) is 20.6. The fraction of sp³-hybridized carbons (Fsp3) is 0.854. The van der Waals surface area contributed by atoms with Crippen molar-refractivity contribution in [3.05, 3.63) is 12.2 Å². The van der Waals surface area contributed by atoms with Gasteiger partial charge < -0.3 is 25.6 Å². The van der Waals surface area contributed by atoms with Crippen LogP contribution in [0.25, 0.3) is 0 Å². The maximum absolute atomic E-state index is 12.6. The summed E-state index contributed by atoms with van der Waals surface area (Å²) in [5, 5.41) is 22.5. The highest BCUT2D eigenvalue weighted by molar-refractivity contribution is 5.87. The van der Waals surface area contributed by atoms with Crippen molar-refractivity contribution < 1.29 is 34.1 Å². The number of aliphatic hydroxyl groups is 1. The van der Waals surface area contributed by atoms with Gasteiger partial charge in [0.25, 0.3) is 0 Å². The molecular formula is C41H76N2O7. The maximum atomic E-state index is 12.6. The van der Waals surface area contributed by atoms with Crippen LogP contribution in [0.5, 0.6) is 0 Å². The quantitative estimate of drug-likeness (QED) is 0.0286. The Labute approximate surface area is 305 Å². The fourth-order valence-electron chi connectivity index (χ4n) is 6.06. The predicted octanol–water partition coefficient (Wildman–Crippen LogP) is 9.48. The Morgan fingerprint density at radius 3 is 1.52 bits per heavy atom. The number of aliphatic carboxylic acids is 1. The smallest absolute Gasteiger partial charge is 0.328 e.